The maximum Gasteiger partial charge on any atom is 0.302 e. The lowest BCUT2D eigenvalue weighted by atomic mass is 9.75. The number of hydrogen-bond donors (Lipinski definition) is 1. The predicted octanol–water partition coefficient (Wildman–Crippen LogP) is 4.49. The number of nitrogens with one attached hydrogen (secondary N) is 1. The quantitative estimate of drug-likeness (QED) is 0.498. The molecule has 34 heavy (non-hydrogen) atoms. The number of aromatic nitrogens is 1. The van der Waals surface area contributed by atoms with Crippen LogP contribution in [0.3, 0.4) is 0 Å². The molecule has 0 bridgehead atoms. The summed E-state index contributed by atoms with van der Waals surface area (Å²) in [7, 11) is 0. The molecule has 7 heteroatoms. The Bertz CT molecular complexity index is 1100. The van der Waals surface area contributed by atoms with Crippen molar-refractivity contribution in [3.05, 3.63) is 75.8 Å². The van der Waals surface area contributed by atoms with Crippen LogP contribution < -0.4 is 5.32 Å². The smallest absolute Gasteiger partial charge is 0.302 e. The average Bonchev–Trinajstić information content (AvgIpc) is 2.83. The fourth-order valence-electron chi connectivity index (χ4n) is 5.64. The topological polar surface area (TPSA) is 71.5 Å². The number of carbonyl (C=O) groups excluding carboxylic acids is 2. The Hall–Kier alpha value is -2.86. The summed E-state index contributed by atoms with van der Waals surface area (Å²) >= 11 is 5.97. The highest BCUT2D eigenvalue weighted by Gasteiger charge is 2.37. The highest BCUT2D eigenvalue weighted by atomic mass is 35.5. The van der Waals surface area contributed by atoms with Crippen LogP contribution in [0.2, 0.25) is 5.15 Å². The normalized spacial score (nSPS) is 26.2. The second kappa shape index (κ2) is 9.79. The van der Waals surface area contributed by atoms with E-state index in [2.05, 4.69) is 34.6 Å². The minimum Gasteiger partial charge on any atom is -0.462 e. The van der Waals surface area contributed by atoms with Crippen molar-refractivity contribution < 1.29 is 14.3 Å². The third kappa shape index (κ3) is 4.69. The van der Waals surface area contributed by atoms with Crippen LogP contribution in [0.5, 0.6) is 0 Å². The number of ether oxygens (including phenoxy) is 1. The molecule has 1 amide bonds. The lowest BCUT2D eigenvalue weighted by Gasteiger charge is -2.40. The number of halogens is 1. The molecular formula is C27H30ClN3O3. The van der Waals surface area contributed by atoms with Crippen molar-refractivity contribution in [3.8, 4) is 0 Å². The number of esters is 1. The lowest BCUT2D eigenvalue weighted by Crippen LogP contribution is -2.50. The molecule has 0 saturated heterocycles. The molecule has 1 aliphatic heterocycles. The Labute approximate surface area is 205 Å². The molecule has 178 valence electrons. The Morgan fingerprint density at radius 2 is 2.15 bits per heavy atom. The molecule has 1 N–H and O–H groups in total. The van der Waals surface area contributed by atoms with Gasteiger partial charge in [-0.2, -0.15) is 0 Å². The zero-order valence-corrected chi connectivity index (χ0v) is 20.2. The van der Waals surface area contributed by atoms with Crippen molar-refractivity contribution >= 4 is 23.5 Å². The number of rotatable bonds is 5. The maximum absolute atomic E-state index is 13.7. The minimum absolute atomic E-state index is 0.0431. The van der Waals surface area contributed by atoms with E-state index in [4.69, 9.17) is 16.3 Å². The van der Waals surface area contributed by atoms with E-state index < -0.39 is 0 Å². The number of hydrogen-bond acceptors (Lipinski definition) is 5. The van der Waals surface area contributed by atoms with Gasteiger partial charge in [0.25, 0.3) is 5.91 Å². The van der Waals surface area contributed by atoms with Gasteiger partial charge in [0.15, 0.2) is 0 Å². The number of carbonyl (C=O) groups is 2. The van der Waals surface area contributed by atoms with Crippen LogP contribution in [0.4, 0.5) is 0 Å². The van der Waals surface area contributed by atoms with Crippen molar-refractivity contribution in [2.24, 2.45) is 11.8 Å². The summed E-state index contributed by atoms with van der Waals surface area (Å²) in [6, 6.07) is 3.80. The number of nitrogens with zero attached hydrogens (tertiary/aromatic N) is 2. The van der Waals surface area contributed by atoms with Gasteiger partial charge in [0, 0.05) is 31.5 Å². The molecule has 1 unspecified atom stereocenters. The summed E-state index contributed by atoms with van der Waals surface area (Å²) in [4.78, 5) is 31.4. The van der Waals surface area contributed by atoms with Gasteiger partial charge in [0.2, 0.25) is 0 Å². The first kappa shape index (κ1) is 22.9. The van der Waals surface area contributed by atoms with Crippen molar-refractivity contribution in [2.45, 2.75) is 51.6 Å². The SMILES string of the molecule is CC(=O)O[C@H]1CCCC[C@@H]1CN1CNC2=C(C=C(Cc3ccc(Cl)nc3)C3CC=CC=C23)C1=O. The van der Waals surface area contributed by atoms with Crippen molar-refractivity contribution in [1.82, 2.24) is 15.2 Å². The number of pyridine rings is 1. The monoisotopic (exact) mass is 479 g/mol. The lowest BCUT2D eigenvalue weighted by molar-refractivity contribution is -0.151. The fraction of sp³-hybridized carbons (Fsp3) is 0.444. The van der Waals surface area contributed by atoms with Crippen molar-refractivity contribution in [3.63, 3.8) is 0 Å². The molecule has 1 saturated carbocycles. The standard InChI is InChI=1S/C27H30ClN3O3/c1-17(32)34-24-9-5-2-6-19(24)15-31-16-30-26-22-8-4-3-7-21(22)20(13-23(26)27(31)33)12-18-10-11-25(28)29-14-18/h3-4,8,10-11,13-14,19,21,24,30H,2,5-7,9,12,15-16H2,1H3/t19-,21?,24+/m1/s1. The largest absolute Gasteiger partial charge is 0.462 e. The summed E-state index contributed by atoms with van der Waals surface area (Å²) in [6.45, 7) is 2.52. The molecule has 1 fully saturated rings. The van der Waals surface area contributed by atoms with Crippen molar-refractivity contribution in [1.29, 1.82) is 0 Å². The van der Waals surface area contributed by atoms with E-state index in [-0.39, 0.29) is 29.8 Å². The molecular weight excluding hydrogens is 450 g/mol. The highest BCUT2D eigenvalue weighted by Crippen LogP contribution is 2.41. The van der Waals surface area contributed by atoms with Crippen LogP contribution >= 0.6 is 11.6 Å². The minimum atomic E-state index is -0.245. The van der Waals surface area contributed by atoms with Crippen LogP contribution in [0.15, 0.2) is 65.1 Å². The van der Waals surface area contributed by atoms with Crippen LogP contribution in [0, 0.1) is 11.8 Å². The van der Waals surface area contributed by atoms with Gasteiger partial charge in [0.1, 0.15) is 11.3 Å². The van der Waals surface area contributed by atoms with Gasteiger partial charge in [-0.25, -0.2) is 4.98 Å². The first-order valence-corrected chi connectivity index (χ1v) is 12.5. The Kier molecular flexibility index (Phi) is 6.59. The summed E-state index contributed by atoms with van der Waals surface area (Å²) in [5.74, 6) is 0.215. The van der Waals surface area contributed by atoms with Crippen molar-refractivity contribution in [2.75, 3.05) is 13.2 Å². The molecule has 5 rings (SSSR count). The molecule has 1 aromatic rings. The summed E-state index contributed by atoms with van der Waals surface area (Å²) in [5.41, 5.74) is 5.15. The first-order chi connectivity index (χ1) is 16.5. The van der Waals surface area contributed by atoms with Crippen LogP contribution in [0.25, 0.3) is 0 Å². The number of allylic oxidation sites excluding steroid dienone is 5. The molecule has 0 aromatic carbocycles. The van der Waals surface area contributed by atoms with Gasteiger partial charge < -0.3 is 15.0 Å². The average molecular weight is 480 g/mol. The molecule has 1 aromatic heterocycles. The molecule has 0 radical (unpaired) electrons. The zero-order chi connectivity index (χ0) is 23.7. The van der Waals surface area contributed by atoms with Gasteiger partial charge in [-0.05, 0) is 55.4 Å². The van der Waals surface area contributed by atoms with Crippen LogP contribution in [-0.4, -0.2) is 41.1 Å². The Balaban J connectivity index is 1.40. The highest BCUT2D eigenvalue weighted by molar-refractivity contribution is 6.29. The Morgan fingerprint density at radius 1 is 1.29 bits per heavy atom. The predicted molar refractivity (Wildman–Crippen MR) is 131 cm³/mol. The first-order valence-electron chi connectivity index (χ1n) is 12.1. The zero-order valence-electron chi connectivity index (χ0n) is 19.4. The molecule has 3 atom stereocenters. The third-order valence-electron chi connectivity index (χ3n) is 7.27. The molecule has 0 spiro atoms. The molecule has 3 aliphatic carbocycles. The summed E-state index contributed by atoms with van der Waals surface area (Å²) in [6.07, 6.45) is 15.8. The Morgan fingerprint density at radius 3 is 2.94 bits per heavy atom. The third-order valence-corrected chi connectivity index (χ3v) is 7.49. The summed E-state index contributed by atoms with van der Waals surface area (Å²) in [5, 5.41) is 4.01. The van der Waals surface area contributed by atoms with Crippen LogP contribution in [-0.2, 0) is 20.7 Å². The molecule has 6 nitrogen and oxygen atoms in total. The van der Waals surface area contributed by atoms with Crippen LogP contribution in [0.1, 0.15) is 44.6 Å². The van der Waals surface area contributed by atoms with E-state index in [0.717, 1.165) is 55.4 Å². The van der Waals surface area contributed by atoms with Gasteiger partial charge in [-0.1, -0.05) is 47.9 Å². The van der Waals surface area contributed by atoms with E-state index in [1.54, 1.807) is 12.3 Å². The molecule has 2 heterocycles. The second-order valence-electron chi connectivity index (χ2n) is 9.57. The van der Waals surface area contributed by atoms with E-state index in [1.807, 2.05) is 11.0 Å². The van der Waals surface area contributed by atoms with E-state index in [9.17, 15) is 9.59 Å². The van der Waals surface area contributed by atoms with E-state index in [1.165, 1.54) is 18.1 Å². The maximum atomic E-state index is 13.7. The van der Waals surface area contributed by atoms with Gasteiger partial charge in [-0.15, -0.1) is 0 Å². The molecule has 4 aliphatic rings. The van der Waals surface area contributed by atoms with Gasteiger partial charge >= 0.3 is 5.97 Å². The van der Waals surface area contributed by atoms with Gasteiger partial charge in [-0.3, -0.25) is 9.59 Å². The second-order valence-corrected chi connectivity index (χ2v) is 9.95. The fourth-order valence-corrected chi connectivity index (χ4v) is 5.75. The number of amides is 1. The van der Waals surface area contributed by atoms with E-state index >= 15 is 0 Å². The number of fused-ring (bicyclic) bond motifs is 2. The van der Waals surface area contributed by atoms with E-state index in [0.29, 0.717) is 18.4 Å². The summed E-state index contributed by atoms with van der Waals surface area (Å²) < 4.78 is 5.60. The van der Waals surface area contributed by atoms with Gasteiger partial charge in [0.05, 0.1) is 17.9 Å².